The van der Waals surface area contributed by atoms with Gasteiger partial charge in [0.15, 0.2) is 0 Å². The van der Waals surface area contributed by atoms with Crippen molar-refractivity contribution in [1.82, 2.24) is 4.31 Å². The molecule has 0 spiro atoms. The Kier molecular flexibility index (Phi) is 3.27. The molecule has 5 heteroatoms. The van der Waals surface area contributed by atoms with Crippen molar-refractivity contribution in [3.63, 3.8) is 0 Å². The predicted molar refractivity (Wildman–Crippen MR) is 38.9 cm³/mol. The van der Waals surface area contributed by atoms with E-state index in [1.54, 1.807) is 6.92 Å². The second-order valence-corrected chi connectivity index (χ2v) is 4.21. The summed E-state index contributed by atoms with van der Waals surface area (Å²) in [6.07, 6.45) is 0.574. The molecule has 0 saturated heterocycles. The lowest BCUT2D eigenvalue weighted by Gasteiger charge is -2.18. The van der Waals surface area contributed by atoms with E-state index in [1.807, 2.05) is 0 Å². The molecule has 0 fully saturated rings. The highest BCUT2D eigenvalue weighted by molar-refractivity contribution is 7.88. The lowest BCUT2D eigenvalue weighted by Crippen LogP contribution is -2.35. The van der Waals surface area contributed by atoms with Gasteiger partial charge in [0.1, 0.15) is 6.23 Å². The van der Waals surface area contributed by atoms with Gasteiger partial charge in [0.05, 0.1) is 6.26 Å². The van der Waals surface area contributed by atoms with Crippen molar-refractivity contribution in [2.75, 3.05) is 13.3 Å². The molecule has 0 aromatic rings. The first kappa shape index (κ1) is 9.87. The van der Waals surface area contributed by atoms with Crippen LogP contribution in [-0.2, 0) is 10.0 Å². The molecule has 0 aliphatic heterocycles. The van der Waals surface area contributed by atoms with Crippen LogP contribution in [0.4, 0.5) is 0 Å². The first-order chi connectivity index (χ1) is 4.39. The summed E-state index contributed by atoms with van der Waals surface area (Å²) in [5, 5.41) is 9.01. The Morgan fingerprint density at radius 3 is 2.10 bits per heavy atom. The standard InChI is InChI=1S/C5H13NO3S/c1-4-5(7)6(2)10(3,8)9/h5,7H,4H2,1-3H3. The number of hydrogen-bond donors (Lipinski definition) is 1. The molecule has 62 valence electrons. The van der Waals surface area contributed by atoms with Crippen LogP contribution in [0.25, 0.3) is 0 Å². The minimum absolute atomic E-state index is 0.406. The first-order valence-corrected chi connectivity index (χ1v) is 4.85. The van der Waals surface area contributed by atoms with Gasteiger partial charge in [-0.1, -0.05) is 6.92 Å². The van der Waals surface area contributed by atoms with E-state index in [4.69, 9.17) is 5.11 Å². The summed E-state index contributed by atoms with van der Waals surface area (Å²) < 4.78 is 22.3. The highest BCUT2D eigenvalue weighted by Gasteiger charge is 2.17. The number of rotatable bonds is 3. The molecule has 4 nitrogen and oxygen atoms in total. The highest BCUT2D eigenvalue weighted by Crippen LogP contribution is 2.01. The van der Waals surface area contributed by atoms with Crippen molar-refractivity contribution in [3.05, 3.63) is 0 Å². The number of sulfonamides is 1. The minimum Gasteiger partial charge on any atom is -0.377 e. The average molecular weight is 167 g/mol. The summed E-state index contributed by atoms with van der Waals surface area (Å²) in [6.45, 7) is 1.71. The second-order valence-electron chi connectivity index (χ2n) is 2.17. The van der Waals surface area contributed by atoms with Crippen molar-refractivity contribution < 1.29 is 13.5 Å². The number of nitrogens with zero attached hydrogens (tertiary/aromatic N) is 1. The average Bonchev–Trinajstić information content (AvgIpc) is 1.83. The molecule has 0 aliphatic rings. The van der Waals surface area contributed by atoms with Crippen LogP contribution >= 0.6 is 0 Å². The van der Waals surface area contributed by atoms with E-state index in [0.717, 1.165) is 10.6 Å². The molecule has 0 saturated carbocycles. The van der Waals surface area contributed by atoms with Crippen LogP contribution in [0, 0.1) is 0 Å². The van der Waals surface area contributed by atoms with Crippen LogP contribution < -0.4 is 0 Å². The Balaban J connectivity index is 4.23. The fourth-order valence-electron chi connectivity index (χ4n) is 0.478. The third-order valence-electron chi connectivity index (χ3n) is 1.31. The first-order valence-electron chi connectivity index (χ1n) is 3.00. The number of hydrogen-bond acceptors (Lipinski definition) is 3. The van der Waals surface area contributed by atoms with Gasteiger partial charge in [0, 0.05) is 7.05 Å². The maximum atomic E-state index is 10.7. The van der Waals surface area contributed by atoms with Crippen LogP contribution in [-0.4, -0.2) is 37.4 Å². The van der Waals surface area contributed by atoms with Crippen molar-refractivity contribution >= 4 is 10.0 Å². The van der Waals surface area contributed by atoms with E-state index >= 15 is 0 Å². The number of aliphatic hydroxyl groups excluding tert-OH is 1. The van der Waals surface area contributed by atoms with Gasteiger partial charge in [-0.15, -0.1) is 0 Å². The minimum atomic E-state index is -3.23. The van der Waals surface area contributed by atoms with Crippen LogP contribution in [0.5, 0.6) is 0 Å². The van der Waals surface area contributed by atoms with E-state index in [2.05, 4.69) is 0 Å². The Labute approximate surface area is 61.5 Å². The van der Waals surface area contributed by atoms with Gasteiger partial charge in [0.2, 0.25) is 10.0 Å². The maximum absolute atomic E-state index is 10.7. The fraction of sp³-hybridized carbons (Fsp3) is 1.00. The van der Waals surface area contributed by atoms with E-state index in [1.165, 1.54) is 7.05 Å². The summed E-state index contributed by atoms with van der Waals surface area (Å²) in [6, 6.07) is 0. The van der Waals surface area contributed by atoms with Crippen LogP contribution in [0.1, 0.15) is 13.3 Å². The predicted octanol–water partition coefficient (Wildman–Crippen LogP) is -0.394. The van der Waals surface area contributed by atoms with Crippen molar-refractivity contribution in [2.24, 2.45) is 0 Å². The molecular weight excluding hydrogens is 154 g/mol. The normalized spacial score (nSPS) is 15.7. The van der Waals surface area contributed by atoms with Gasteiger partial charge in [-0.05, 0) is 6.42 Å². The SMILES string of the molecule is CCC(O)N(C)S(C)(=O)=O. The molecule has 1 atom stereocenters. The summed E-state index contributed by atoms with van der Waals surface area (Å²) in [7, 11) is -1.88. The monoisotopic (exact) mass is 167 g/mol. The molecule has 1 N–H and O–H groups in total. The van der Waals surface area contributed by atoms with E-state index in [0.29, 0.717) is 6.42 Å². The van der Waals surface area contributed by atoms with E-state index in [-0.39, 0.29) is 0 Å². The van der Waals surface area contributed by atoms with Gasteiger partial charge >= 0.3 is 0 Å². The van der Waals surface area contributed by atoms with Gasteiger partial charge in [-0.2, -0.15) is 4.31 Å². The van der Waals surface area contributed by atoms with E-state index < -0.39 is 16.3 Å². The molecule has 0 amide bonds. The molecule has 0 radical (unpaired) electrons. The summed E-state index contributed by atoms with van der Waals surface area (Å²) >= 11 is 0. The number of aliphatic hydroxyl groups is 1. The molecule has 0 aliphatic carbocycles. The zero-order chi connectivity index (χ0) is 8.36. The van der Waals surface area contributed by atoms with Crippen LogP contribution in [0.2, 0.25) is 0 Å². The zero-order valence-electron chi connectivity index (χ0n) is 6.40. The molecule has 0 heterocycles. The molecule has 1 unspecified atom stereocenters. The Morgan fingerprint density at radius 2 is 2.00 bits per heavy atom. The molecule has 0 aromatic heterocycles. The molecule has 10 heavy (non-hydrogen) atoms. The van der Waals surface area contributed by atoms with Gasteiger partial charge in [0.25, 0.3) is 0 Å². The van der Waals surface area contributed by atoms with Crippen molar-refractivity contribution in [3.8, 4) is 0 Å². The topological polar surface area (TPSA) is 57.6 Å². The smallest absolute Gasteiger partial charge is 0.213 e. The van der Waals surface area contributed by atoms with Crippen molar-refractivity contribution in [1.29, 1.82) is 0 Å². The quantitative estimate of drug-likeness (QED) is 0.582. The summed E-state index contributed by atoms with van der Waals surface area (Å²) in [5.74, 6) is 0. The summed E-state index contributed by atoms with van der Waals surface area (Å²) in [5.41, 5.74) is 0. The Morgan fingerprint density at radius 1 is 1.60 bits per heavy atom. The molecule has 0 rings (SSSR count). The third-order valence-corrected chi connectivity index (χ3v) is 2.60. The Hall–Kier alpha value is -0.130. The second kappa shape index (κ2) is 3.32. The molecular formula is C5H13NO3S. The van der Waals surface area contributed by atoms with E-state index in [9.17, 15) is 8.42 Å². The lowest BCUT2D eigenvalue weighted by atomic mass is 10.4. The van der Waals surface area contributed by atoms with Crippen LogP contribution in [0.3, 0.4) is 0 Å². The Bertz CT molecular complexity index is 187. The van der Waals surface area contributed by atoms with Crippen LogP contribution in [0.15, 0.2) is 0 Å². The van der Waals surface area contributed by atoms with Crippen molar-refractivity contribution in [2.45, 2.75) is 19.6 Å². The van der Waals surface area contributed by atoms with Gasteiger partial charge in [-0.25, -0.2) is 8.42 Å². The lowest BCUT2D eigenvalue weighted by molar-refractivity contribution is 0.0753. The largest absolute Gasteiger partial charge is 0.377 e. The third kappa shape index (κ3) is 2.64. The summed E-state index contributed by atoms with van der Waals surface area (Å²) in [4.78, 5) is 0. The van der Waals surface area contributed by atoms with Gasteiger partial charge in [-0.3, -0.25) is 0 Å². The molecule has 0 bridgehead atoms. The maximum Gasteiger partial charge on any atom is 0.213 e. The highest BCUT2D eigenvalue weighted by atomic mass is 32.2. The van der Waals surface area contributed by atoms with Gasteiger partial charge < -0.3 is 5.11 Å². The molecule has 0 aromatic carbocycles. The fourth-order valence-corrected chi connectivity index (χ4v) is 1.07. The zero-order valence-corrected chi connectivity index (χ0v) is 7.22.